The van der Waals surface area contributed by atoms with E-state index in [9.17, 15) is 4.79 Å². The Kier molecular flexibility index (Phi) is 4.36. The number of benzene rings is 1. The van der Waals surface area contributed by atoms with Gasteiger partial charge in [0.15, 0.2) is 0 Å². The lowest BCUT2D eigenvalue weighted by Gasteiger charge is -2.08. The number of carbonyl (C=O) groups is 1. The first-order valence-electron chi connectivity index (χ1n) is 5.82. The molecule has 0 saturated carbocycles. The highest BCUT2D eigenvalue weighted by atomic mass is 127. The van der Waals surface area contributed by atoms with Crippen LogP contribution < -0.4 is 10.6 Å². The molecule has 1 aromatic heterocycles. The summed E-state index contributed by atoms with van der Waals surface area (Å²) in [4.78, 5) is 16.4. The van der Waals surface area contributed by atoms with Gasteiger partial charge >= 0.3 is 0 Å². The molecule has 98 valence electrons. The van der Waals surface area contributed by atoms with Gasteiger partial charge < -0.3 is 10.6 Å². The Bertz CT molecular complexity index is 613. The lowest BCUT2D eigenvalue weighted by atomic mass is 10.2. The van der Waals surface area contributed by atoms with E-state index in [0.717, 1.165) is 15.0 Å². The van der Waals surface area contributed by atoms with E-state index in [1.807, 2.05) is 31.2 Å². The minimum atomic E-state index is -0.135. The molecule has 2 aromatic rings. The van der Waals surface area contributed by atoms with Crippen LogP contribution in [0.4, 0.5) is 11.5 Å². The van der Waals surface area contributed by atoms with Crippen LogP contribution in [0.25, 0.3) is 0 Å². The van der Waals surface area contributed by atoms with Crippen LogP contribution in [-0.2, 0) is 0 Å². The standard InChI is InChI=1S/C14H14IN3O/c1-9-6-10(7-13(16-2)17-9)14(19)18-12-5-3-4-11(15)8-12/h3-8H,1-2H3,(H,16,17)(H,18,19). The smallest absolute Gasteiger partial charge is 0.255 e. The second kappa shape index (κ2) is 6.01. The lowest BCUT2D eigenvalue weighted by molar-refractivity contribution is 0.102. The fourth-order valence-electron chi connectivity index (χ4n) is 1.70. The molecule has 1 heterocycles. The summed E-state index contributed by atoms with van der Waals surface area (Å²) in [5.41, 5.74) is 2.19. The molecule has 19 heavy (non-hydrogen) atoms. The molecule has 0 radical (unpaired) electrons. The number of anilines is 2. The summed E-state index contributed by atoms with van der Waals surface area (Å²) in [5, 5.41) is 5.82. The first-order chi connectivity index (χ1) is 9.08. The number of hydrogen-bond donors (Lipinski definition) is 2. The molecule has 0 unspecified atom stereocenters. The normalized spacial score (nSPS) is 10.1. The van der Waals surface area contributed by atoms with Crippen LogP contribution in [-0.4, -0.2) is 17.9 Å². The third-order valence-corrected chi connectivity index (χ3v) is 3.23. The number of aromatic nitrogens is 1. The van der Waals surface area contributed by atoms with E-state index in [1.165, 1.54) is 0 Å². The van der Waals surface area contributed by atoms with Gasteiger partial charge in [-0.25, -0.2) is 4.98 Å². The first-order valence-corrected chi connectivity index (χ1v) is 6.90. The van der Waals surface area contributed by atoms with E-state index in [0.29, 0.717) is 11.4 Å². The second-order valence-corrected chi connectivity index (χ2v) is 5.34. The Morgan fingerprint density at radius 3 is 2.74 bits per heavy atom. The molecule has 0 bridgehead atoms. The SMILES string of the molecule is CNc1cc(C(=O)Nc2cccc(I)c2)cc(C)n1. The van der Waals surface area contributed by atoms with Crippen LogP contribution in [0.3, 0.4) is 0 Å². The van der Waals surface area contributed by atoms with Gasteiger partial charge in [0, 0.05) is 27.6 Å². The molecule has 0 aliphatic carbocycles. The molecule has 1 amide bonds. The van der Waals surface area contributed by atoms with Crippen LogP contribution in [0, 0.1) is 10.5 Å². The average molecular weight is 367 g/mol. The van der Waals surface area contributed by atoms with Gasteiger partial charge in [0.1, 0.15) is 5.82 Å². The number of carbonyl (C=O) groups excluding carboxylic acids is 1. The molecule has 1 aromatic carbocycles. The zero-order chi connectivity index (χ0) is 13.8. The Labute approximate surface area is 125 Å². The van der Waals surface area contributed by atoms with Gasteiger partial charge in [-0.15, -0.1) is 0 Å². The quantitative estimate of drug-likeness (QED) is 0.819. The van der Waals surface area contributed by atoms with Crippen molar-refractivity contribution in [2.45, 2.75) is 6.92 Å². The molecule has 0 atom stereocenters. The first kappa shape index (κ1) is 13.8. The third-order valence-electron chi connectivity index (χ3n) is 2.55. The van der Waals surface area contributed by atoms with Crippen molar-refractivity contribution in [1.82, 2.24) is 4.98 Å². The van der Waals surface area contributed by atoms with E-state index in [1.54, 1.807) is 19.2 Å². The monoisotopic (exact) mass is 367 g/mol. The van der Waals surface area contributed by atoms with Gasteiger partial charge in [0.25, 0.3) is 5.91 Å². The molecule has 0 spiro atoms. The highest BCUT2D eigenvalue weighted by Crippen LogP contribution is 2.15. The van der Waals surface area contributed by atoms with Crippen LogP contribution >= 0.6 is 22.6 Å². The van der Waals surface area contributed by atoms with Crippen molar-refractivity contribution in [3.8, 4) is 0 Å². The van der Waals surface area contributed by atoms with E-state index in [2.05, 4.69) is 38.2 Å². The number of hydrogen-bond acceptors (Lipinski definition) is 3. The second-order valence-electron chi connectivity index (χ2n) is 4.10. The number of rotatable bonds is 3. The van der Waals surface area contributed by atoms with Crippen LogP contribution in [0.2, 0.25) is 0 Å². The summed E-state index contributed by atoms with van der Waals surface area (Å²) in [5.74, 6) is 0.553. The van der Waals surface area contributed by atoms with E-state index in [4.69, 9.17) is 0 Å². The van der Waals surface area contributed by atoms with Gasteiger partial charge in [0.05, 0.1) is 0 Å². The predicted octanol–water partition coefficient (Wildman–Crippen LogP) is 3.29. The maximum Gasteiger partial charge on any atom is 0.255 e. The Balaban J connectivity index is 2.22. The fraction of sp³-hybridized carbons (Fsp3) is 0.143. The third kappa shape index (κ3) is 3.66. The minimum Gasteiger partial charge on any atom is -0.373 e. The van der Waals surface area contributed by atoms with E-state index < -0.39 is 0 Å². The summed E-state index contributed by atoms with van der Waals surface area (Å²) in [6, 6.07) is 11.2. The Morgan fingerprint density at radius 2 is 2.05 bits per heavy atom. The summed E-state index contributed by atoms with van der Waals surface area (Å²) < 4.78 is 1.08. The Morgan fingerprint density at radius 1 is 1.26 bits per heavy atom. The molecular weight excluding hydrogens is 353 g/mol. The molecule has 2 rings (SSSR count). The van der Waals surface area contributed by atoms with Crippen molar-refractivity contribution in [3.63, 3.8) is 0 Å². The van der Waals surface area contributed by atoms with Gasteiger partial charge in [-0.1, -0.05) is 6.07 Å². The summed E-state index contributed by atoms with van der Waals surface area (Å²) in [6.45, 7) is 1.86. The zero-order valence-electron chi connectivity index (χ0n) is 10.7. The topological polar surface area (TPSA) is 54.0 Å². The number of halogens is 1. The zero-order valence-corrected chi connectivity index (χ0v) is 12.9. The van der Waals surface area contributed by atoms with Gasteiger partial charge in [-0.05, 0) is 59.8 Å². The summed E-state index contributed by atoms with van der Waals surface area (Å²) >= 11 is 2.21. The van der Waals surface area contributed by atoms with Gasteiger partial charge in [0.2, 0.25) is 0 Å². The molecule has 0 fully saturated rings. The van der Waals surface area contributed by atoms with Crippen molar-refractivity contribution in [1.29, 1.82) is 0 Å². The largest absolute Gasteiger partial charge is 0.373 e. The highest BCUT2D eigenvalue weighted by molar-refractivity contribution is 14.1. The molecule has 0 aliphatic rings. The van der Waals surface area contributed by atoms with Crippen LogP contribution in [0.5, 0.6) is 0 Å². The maximum atomic E-state index is 12.2. The van der Waals surface area contributed by atoms with Crippen LogP contribution in [0.15, 0.2) is 36.4 Å². The number of pyridine rings is 1. The van der Waals surface area contributed by atoms with Crippen molar-refractivity contribution >= 4 is 40.0 Å². The van der Waals surface area contributed by atoms with Crippen molar-refractivity contribution in [3.05, 3.63) is 51.2 Å². The average Bonchev–Trinajstić information content (AvgIpc) is 2.38. The number of nitrogens with one attached hydrogen (secondary N) is 2. The number of aryl methyl sites for hydroxylation is 1. The minimum absolute atomic E-state index is 0.135. The predicted molar refractivity (Wildman–Crippen MR) is 85.6 cm³/mol. The molecule has 2 N–H and O–H groups in total. The van der Waals surface area contributed by atoms with Gasteiger partial charge in [-0.3, -0.25) is 4.79 Å². The highest BCUT2D eigenvalue weighted by Gasteiger charge is 2.08. The molecular formula is C14H14IN3O. The van der Waals surface area contributed by atoms with Crippen molar-refractivity contribution in [2.75, 3.05) is 17.7 Å². The van der Waals surface area contributed by atoms with Crippen LogP contribution in [0.1, 0.15) is 16.1 Å². The molecule has 4 nitrogen and oxygen atoms in total. The summed E-state index contributed by atoms with van der Waals surface area (Å²) in [6.07, 6.45) is 0. The van der Waals surface area contributed by atoms with Crippen molar-refractivity contribution < 1.29 is 4.79 Å². The van der Waals surface area contributed by atoms with E-state index in [-0.39, 0.29) is 5.91 Å². The fourth-order valence-corrected chi connectivity index (χ4v) is 2.24. The number of nitrogens with zero attached hydrogens (tertiary/aromatic N) is 1. The summed E-state index contributed by atoms with van der Waals surface area (Å²) in [7, 11) is 1.78. The van der Waals surface area contributed by atoms with Gasteiger partial charge in [-0.2, -0.15) is 0 Å². The molecule has 0 aliphatic heterocycles. The molecule has 0 saturated heterocycles. The van der Waals surface area contributed by atoms with E-state index >= 15 is 0 Å². The maximum absolute atomic E-state index is 12.2. The lowest BCUT2D eigenvalue weighted by Crippen LogP contribution is -2.13. The Hall–Kier alpha value is -1.63. The molecule has 5 heteroatoms. The van der Waals surface area contributed by atoms with Crippen molar-refractivity contribution in [2.24, 2.45) is 0 Å². The number of amides is 1.